The van der Waals surface area contributed by atoms with Crippen LogP contribution in [0.4, 0.5) is 4.39 Å². The van der Waals surface area contributed by atoms with E-state index in [2.05, 4.69) is 5.32 Å². The van der Waals surface area contributed by atoms with E-state index in [1.54, 1.807) is 0 Å². The zero-order chi connectivity index (χ0) is 19.1. The van der Waals surface area contributed by atoms with E-state index >= 15 is 0 Å². The van der Waals surface area contributed by atoms with Gasteiger partial charge in [0.2, 0.25) is 0 Å². The van der Waals surface area contributed by atoms with Crippen LogP contribution in [0.3, 0.4) is 0 Å². The Morgan fingerprint density at radius 3 is 1.89 bits per heavy atom. The molecule has 0 unspecified atom stereocenters. The third-order valence-corrected chi connectivity index (χ3v) is 4.31. The Labute approximate surface area is 158 Å². The summed E-state index contributed by atoms with van der Waals surface area (Å²) in [6.45, 7) is 1.88. The molecule has 0 aliphatic carbocycles. The minimum Gasteiger partial charge on any atom is -0.481 e. The fraction of sp³-hybridized carbons (Fsp3) is 0.174. The quantitative estimate of drug-likeness (QED) is 0.649. The predicted molar refractivity (Wildman–Crippen MR) is 104 cm³/mol. The summed E-state index contributed by atoms with van der Waals surface area (Å²) in [5, 5.41) is 3.09. The van der Waals surface area contributed by atoms with E-state index in [1.807, 2.05) is 67.6 Å². The van der Waals surface area contributed by atoms with Crippen molar-refractivity contribution in [2.24, 2.45) is 0 Å². The number of nitrogens with one attached hydrogen (secondary N) is 1. The van der Waals surface area contributed by atoms with Crippen molar-refractivity contribution in [1.29, 1.82) is 0 Å². The van der Waals surface area contributed by atoms with E-state index in [9.17, 15) is 9.18 Å². The van der Waals surface area contributed by atoms with Crippen LogP contribution < -0.4 is 10.1 Å². The second-order valence-corrected chi connectivity index (χ2v) is 6.23. The monoisotopic (exact) mass is 363 g/mol. The van der Waals surface area contributed by atoms with Gasteiger partial charge in [-0.3, -0.25) is 4.79 Å². The summed E-state index contributed by atoms with van der Waals surface area (Å²) in [6, 6.07) is 25.0. The maximum absolute atomic E-state index is 13.1. The van der Waals surface area contributed by atoms with E-state index in [0.717, 1.165) is 11.1 Å². The van der Waals surface area contributed by atoms with E-state index in [0.29, 0.717) is 12.2 Å². The second kappa shape index (κ2) is 8.99. The second-order valence-electron chi connectivity index (χ2n) is 6.23. The van der Waals surface area contributed by atoms with Crippen molar-refractivity contribution in [1.82, 2.24) is 5.32 Å². The number of ether oxygens (including phenoxy) is 1. The highest BCUT2D eigenvalue weighted by Crippen LogP contribution is 2.23. The topological polar surface area (TPSA) is 38.3 Å². The standard InChI is InChI=1S/C23H22FNO2/c1-2-21(27-20-15-13-19(24)14-16-20)23(26)25-22(17-9-5-3-6-10-17)18-11-7-4-8-12-18/h3-16,21-22H,2H2,1H3,(H,25,26)/t21-/m1/s1. The molecule has 0 fully saturated rings. The van der Waals surface area contributed by atoms with Gasteiger partial charge >= 0.3 is 0 Å². The van der Waals surface area contributed by atoms with Crippen LogP contribution in [0.1, 0.15) is 30.5 Å². The smallest absolute Gasteiger partial charge is 0.261 e. The molecule has 3 aromatic rings. The van der Waals surface area contributed by atoms with Crippen LogP contribution in [0.15, 0.2) is 84.9 Å². The molecule has 0 heterocycles. The lowest BCUT2D eigenvalue weighted by atomic mass is 9.98. The van der Waals surface area contributed by atoms with Crippen molar-refractivity contribution in [2.75, 3.05) is 0 Å². The Morgan fingerprint density at radius 1 is 0.889 bits per heavy atom. The summed E-state index contributed by atoms with van der Waals surface area (Å²) >= 11 is 0. The maximum atomic E-state index is 13.1. The lowest BCUT2D eigenvalue weighted by molar-refractivity contribution is -0.128. The van der Waals surface area contributed by atoms with Gasteiger partial charge in [0.25, 0.3) is 5.91 Å². The first kappa shape index (κ1) is 18.6. The van der Waals surface area contributed by atoms with Gasteiger partial charge in [-0.15, -0.1) is 0 Å². The maximum Gasteiger partial charge on any atom is 0.261 e. The number of rotatable bonds is 7. The molecule has 3 nitrogen and oxygen atoms in total. The van der Waals surface area contributed by atoms with E-state index < -0.39 is 6.10 Å². The fourth-order valence-electron chi connectivity index (χ4n) is 2.88. The number of amides is 1. The van der Waals surface area contributed by atoms with Crippen molar-refractivity contribution >= 4 is 5.91 Å². The Morgan fingerprint density at radius 2 is 1.41 bits per heavy atom. The summed E-state index contributed by atoms with van der Waals surface area (Å²) in [7, 11) is 0. The summed E-state index contributed by atoms with van der Waals surface area (Å²) in [6.07, 6.45) is -0.162. The van der Waals surface area contributed by atoms with Crippen molar-refractivity contribution in [2.45, 2.75) is 25.5 Å². The number of benzene rings is 3. The fourth-order valence-corrected chi connectivity index (χ4v) is 2.88. The molecule has 138 valence electrons. The molecule has 0 saturated heterocycles. The van der Waals surface area contributed by atoms with Gasteiger partial charge in [-0.25, -0.2) is 4.39 Å². The normalized spacial score (nSPS) is 11.8. The number of carbonyl (C=O) groups excluding carboxylic acids is 1. The number of halogens is 1. The minimum atomic E-state index is -0.662. The van der Waals surface area contributed by atoms with Gasteiger partial charge in [-0.2, -0.15) is 0 Å². The van der Waals surface area contributed by atoms with Gasteiger partial charge in [0.15, 0.2) is 6.10 Å². The van der Waals surface area contributed by atoms with E-state index in [1.165, 1.54) is 24.3 Å². The lowest BCUT2D eigenvalue weighted by Gasteiger charge is -2.23. The molecular formula is C23H22FNO2. The largest absolute Gasteiger partial charge is 0.481 e. The first-order valence-corrected chi connectivity index (χ1v) is 9.00. The van der Waals surface area contributed by atoms with Crippen LogP contribution >= 0.6 is 0 Å². The van der Waals surface area contributed by atoms with Crippen LogP contribution in [0.2, 0.25) is 0 Å². The summed E-state index contributed by atoms with van der Waals surface area (Å²) in [5.41, 5.74) is 1.99. The number of hydrogen-bond donors (Lipinski definition) is 1. The molecule has 1 amide bonds. The third-order valence-electron chi connectivity index (χ3n) is 4.31. The molecule has 3 aromatic carbocycles. The number of carbonyl (C=O) groups is 1. The highest BCUT2D eigenvalue weighted by molar-refractivity contribution is 5.82. The predicted octanol–water partition coefficient (Wildman–Crippen LogP) is 4.89. The van der Waals surface area contributed by atoms with Crippen LogP contribution in [-0.2, 0) is 4.79 Å². The highest BCUT2D eigenvalue weighted by atomic mass is 19.1. The van der Waals surface area contributed by atoms with E-state index in [-0.39, 0.29) is 17.8 Å². The van der Waals surface area contributed by atoms with Crippen LogP contribution in [-0.4, -0.2) is 12.0 Å². The van der Waals surface area contributed by atoms with Gasteiger partial charge in [0.05, 0.1) is 6.04 Å². The molecule has 1 atom stereocenters. The molecule has 0 bridgehead atoms. The molecule has 27 heavy (non-hydrogen) atoms. The molecule has 0 radical (unpaired) electrons. The van der Waals surface area contributed by atoms with Gasteiger partial charge in [0.1, 0.15) is 11.6 Å². The summed E-state index contributed by atoms with van der Waals surface area (Å²) in [5.74, 6) is -0.0815. The van der Waals surface area contributed by atoms with Crippen molar-refractivity contribution in [3.8, 4) is 5.75 Å². The molecule has 1 N–H and O–H groups in total. The Kier molecular flexibility index (Phi) is 6.21. The van der Waals surface area contributed by atoms with Crippen molar-refractivity contribution in [3.63, 3.8) is 0 Å². The average Bonchev–Trinajstić information content (AvgIpc) is 2.72. The van der Waals surface area contributed by atoms with Gasteiger partial charge < -0.3 is 10.1 Å². The first-order valence-electron chi connectivity index (χ1n) is 9.00. The molecular weight excluding hydrogens is 341 g/mol. The Bertz CT molecular complexity index is 811. The van der Waals surface area contributed by atoms with Gasteiger partial charge in [-0.1, -0.05) is 67.6 Å². The first-order chi connectivity index (χ1) is 13.2. The minimum absolute atomic E-state index is 0.209. The molecule has 0 aliphatic rings. The molecule has 3 rings (SSSR count). The van der Waals surface area contributed by atoms with Gasteiger partial charge in [-0.05, 0) is 41.8 Å². The molecule has 0 aliphatic heterocycles. The van der Waals surface area contributed by atoms with Crippen molar-refractivity contribution < 1.29 is 13.9 Å². The average molecular weight is 363 g/mol. The Balaban J connectivity index is 1.79. The lowest BCUT2D eigenvalue weighted by Crippen LogP contribution is -2.40. The summed E-state index contributed by atoms with van der Waals surface area (Å²) in [4.78, 5) is 12.9. The SMILES string of the molecule is CC[C@@H](Oc1ccc(F)cc1)C(=O)NC(c1ccccc1)c1ccccc1. The van der Waals surface area contributed by atoms with Crippen LogP contribution in [0.5, 0.6) is 5.75 Å². The highest BCUT2D eigenvalue weighted by Gasteiger charge is 2.23. The zero-order valence-electron chi connectivity index (χ0n) is 15.1. The third kappa shape index (κ3) is 4.94. The molecule has 4 heteroatoms. The van der Waals surface area contributed by atoms with Crippen LogP contribution in [0, 0.1) is 5.82 Å². The Hall–Kier alpha value is -3.14. The zero-order valence-corrected chi connectivity index (χ0v) is 15.1. The summed E-state index contributed by atoms with van der Waals surface area (Å²) < 4.78 is 18.9. The number of hydrogen-bond acceptors (Lipinski definition) is 2. The van der Waals surface area contributed by atoms with Crippen molar-refractivity contribution in [3.05, 3.63) is 102 Å². The molecule has 0 aromatic heterocycles. The molecule has 0 spiro atoms. The molecule has 0 saturated carbocycles. The van der Waals surface area contributed by atoms with E-state index in [4.69, 9.17) is 4.74 Å². The van der Waals surface area contributed by atoms with Gasteiger partial charge in [0, 0.05) is 0 Å². The van der Waals surface area contributed by atoms with Crippen LogP contribution in [0.25, 0.3) is 0 Å².